The Labute approximate surface area is 202 Å². The standard InChI is InChI=1S/C24H14Cl2F4N2O2/c25-18-9-15(22(21(26)11-18)34-13-14-3-1-5-19(27)7-14)8-16(12-31)23(33)32-20-6-2-4-17(10-20)24(28,29)30/h1-11H,13H2,(H,32,33)/b16-8+. The molecule has 0 aliphatic rings. The number of alkyl halides is 3. The van der Waals surface area contributed by atoms with Gasteiger partial charge in [0.1, 0.15) is 29.8 Å². The SMILES string of the molecule is N#C/C(=C\c1cc(Cl)cc(Cl)c1OCc1cccc(F)c1)C(=O)Nc1cccc(C(F)(F)F)c1. The molecule has 1 amide bonds. The van der Waals surface area contributed by atoms with Gasteiger partial charge >= 0.3 is 6.18 Å². The predicted molar refractivity (Wildman–Crippen MR) is 121 cm³/mol. The summed E-state index contributed by atoms with van der Waals surface area (Å²) in [4.78, 5) is 12.6. The van der Waals surface area contributed by atoms with Gasteiger partial charge in [-0.05, 0) is 54.1 Å². The number of nitriles is 1. The summed E-state index contributed by atoms with van der Waals surface area (Å²) in [6, 6.07) is 14.1. The third-order valence-corrected chi connectivity index (χ3v) is 4.92. The Balaban J connectivity index is 1.89. The minimum Gasteiger partial charge on any atom is -0.487 e. The van der Waals surface area contributed by atoms with E-state index in [4.69, 9.17) is 27.9 Å². The fourth-order valence-corrected chi connectivity index (χ4v) is 3.46. The molecule has 3 aromatic carbocycles. The Morgan fingerprint density at radius 1 is 1.09 bits per heavy atom. The zero-order valence-electron chi connectivity index (χ0n) is 17.1. The van der Waals surface area contributed by atoms with Gasteiger partial charge in [0, 0.05) is 16.3 Å². The van der Waals surface area contributed by atoms with Crippen molar-refractivity contribution in [1.29, 1.82) is 5.26 Å². The van der Waals surface area contributed by atoms with E-state index in [2.05, 4.69) is 5.32 Å². The lowest BCUT2D eigenvalue weighted by Crippen LogP contribution is -2.14. The quantitative estimate of drug-likeness (QED) is 0.216. The van der Waals surface area contributed by atoms with Crippen molar-refractivity contribution in [2.24, 2.45) is 0 Å². The van der Waals surface area contributed by atoms with Gasteiger partial charge in [0.05, 0.1) is 10.6 Å². The largest absolute Gasteiger partial charge is 0.487 e. The lowest BCUT2D eigenvalue weighted by Gasteiger charge is -2.13. The summed E-state index contributed by atoms with van der Waals surface area (Å²) in [5.41, 5.74) is -0.866. The number of amides is 1. The van der Waals surface area contributed by atoms with Gasteiger partial charge in [0.25, 0.3) is 5.91 Å². The maximum Gasteiger partial charge on any atom is 0.416 e. The van der Waals surface area contributed by atoms with Crippen LogP contribution in [0.3, 0.4) is 0 Å². The van der Waals surface area contributed by atoms with E-state index in [1.807, 2.05) is 0 Å². The van der Waals surface area contributed by atoms with Crippen molar-refractivity contribution in [3.63, 3.8) is 0 Å². The van der Waals surface area contributed by atoms with Crippen LogP contribution in [-0.2, 0) is 17.6 Å². The molecule has 0 aromatic heterocycles. The van der Waals surface area contributed by atoms with Gasteiger partial charge < -0.3 is 10.1 Å². The number of carbonyl (C=O) groups excluding carboxylic acids is 1. The molecule has 0 radical (unpaired) electrons. The molecule has 0 aliphatic heterocycles. The van der Waals surface area contributed by atoms with Crippen LogP contribution in [0.1, 0.15) is 16.7 Å². The van der Waals surface area contributed by atoms with Crippen molar-refractivity contribution in [1.82, 2.24) is 0 Å². The number of anilines is 1. The molecular formula is C24H14Cl2F4N2O2. The number of hydrogen-bond donors (Lipinski definition) is 1. The van der Waals surface area contributed by atoms with Crippen LogP contribution >= 0.6 is 23.2 Å². The van der Waals surface area contributed by atoms with Gasteiger partial charge in [-0.2, -0.15) is 18.4 Å². The molecule has 0 saturated carbocycles. The molecule has 0 fully saturated rings. The van der Waals surface area contributed by atoms with Gasteiger partial charge in [0.2, 0.25) is 0 Å². The van der Waals surface area contributed by atoms with Gasteiger partial charge in [-0.15, -0.1) is 0 Å². The molecule has 0 bridgehead atoms. The smallest absolute Gasteiger partial charge is 0.416 e. The van der Waals surface area contributed by atoms with Crippen molar-refractivity contribution >= 4 is 40.9 Å². The van der Waals surface area contributed by atoms with E-state index < -0.39 is 29.0 Å². The third-order valence-electron chi connectivity index (χ3n) is 4.42. The minimum atomic E-state index is -4.60. The van der Waals surface area contributed by atoms with Crippen molar-refractivity contribution in [2.45, 2.75) is 12.8 Å². The molecule has 0 atom stereocenters. The highest BCUT2D eigenvalue weighted by molar-refractivity contribution is 6.36. The molecule has 174 valence electrons. The van der Waals surface area contributed by atoms with Crippen molar-refractivity contribution in [2.75, 3.05) is 5.32 Å². The number of nitrogens with one attached hydrogen (secondary N) is 1. The average Bonchev–Trinajstić information content (AvgIpc) is 2.76. The summed E-state index contributed by atoms with van der Waals surface area (Å²) < 4.78 is 57.9. The molecule has 0 aliphatic carbocycles. The fourth-order valence-electron chi connectivity index (χ4n) is 2.90. The number of carbonyl (C=O) groups is 1. The molecule has 0 unspecified atom stereocenters. The monoisotopic (exact) mass is 508 g/mol. The van der Waals surface area contributed by atoms with Crippen molar-refractivity contribution in [3.8, 4) is 11.8 Å². The zero-order valence-corrected chi connectivity index (χ0v) is 18.6. The molecular weight excluding hydrogens is 495 g/mol. The highest BCUT2D eigenvalue weighted by Crippen LogP contribution is 2.35. The molecule has 10 heteroatoms. The second kappa shape index (κ2) is 10.6. The summed E-state index contributed by atoms with van der Waals surface area (Å²) in [6.45, 7) is -0.0712. The second-order valence-electron chi connectivity index (χ2n) is 6.93. The summed E-state index contributed by atoms with van der Waals surface area (Å²) >= 11 is 12.3. The highest BCUT2D eigenvalue weighted by Gasteiger charge is 2.30. The molecule has 0 heterocycles. The van der Waals surface area contributed by atoms with Gasteiger partial charge in [0.15, 0.2) is 0 Å². The first-order valence-electron chi connectivity index (χ1n) is 9.53. The van der Waals surface area contributed by atoms with E-state index >= 15 is 0 Å². The molecule has 4 nitrogen and oxygen atoms in total. The Kier molecular flexibility index (Phi) is 7.82. The van der Waals surface area contributed by atoms with Crippen LogP contribution in [0.4, 0.5) is 23.2 Å². The maximum absolute atomic E-state index is 13.4. The Morgan fingerprint density at radius 2 is 1.82 bits per heavy atom. The van der Waals surface area contributed by atoms with E-state index in [-0.39, 0.29) is 33.7 Å². The van der Waals surface area contributed by atoms with Gasteiger partial charge in [-0.25, -0.2) is 4.39 Å². The van der Waals surface area contributed by atoms with Crippen molar-refractivity contribution < 1.29 is 27.1 Å². The molecule has 0 spiro atoms. The van der Waals surface area contributed by atoms with E-state index in [1.165, 1.54) is 36.4 Å². The molecule has 3 aromatic rings. The number of ether oxygens (including phenoxy) is 1. The van der Waals surface area contributed by atoms with E-state index in [9.17, 15) is 27.6 Å². The Hall–Kier alpha value is -3.54. The second-order valence-corrected chi connectivity index (χ2v) is 7.77. The topological polar surface area (TPSA) is 62.1 Å². The highest BCUT2D eigenvalue weighted by atomic mass is 35.5. The molecule has 34 heavy (non-hydrogen) atoms. The van der Waals surface area contributed by atoms with Crippen LogP contribution in [0.25, 0.3) is 6.08 Å². The number of nitrogens with zero attached hydrogens (tertiary/aromatic N) is 1. The number of benzene rings is 3. The maximum atomic E-state index is 13.4. The van der Waals surface area contributed by atoms with Crippen LogP contribution in [-0.4, -0.2) is 5.91 Å². The van der Waals surface area contributed by atoms with Crippen LogP contribution in [0, 0.1) is 17.1 Å². The third kappa shape index (κ3) is 6.50. The van der Waals surface area contributed by atoms with Crippen LogP contribution in [0.5, 0.6) is 5.75 Å². The lowest BCUT2D eigenvalue weighted by atomic mass is 10.1. The summed E-state index contributed by atoms with van der Waals surface area (Å²) in [7, 11) is 0. The molecule has 3 rings (SSSR count). The first-order valence-corrected chi connectivity index (χ1v) is 10.3. The van der Waals surface area contributed by atoms with Gasteiger partial charge in [-0.1, -0.05) is 41.4 Å². The van der Waals surface area contributed by atoms with E-state index in [0.717, 1.165) is 24.3 Å². The first kappa shape index (κ1) is 25.1. The number of hydrogen-bond acceptors (Lipinski definition) is 3. The number of rotatable bonds is 6. The normalized spacial score (nSPS) is 11.6. The molecule has 0 saturated heterocycles. The predicted octanol–water partition coefficient (Wildman–Crippen LogP) is 7.28. The minimum absolute atomic E-state index is 0.0712. The van der Waals surface area contributed by atoms with Crippen LogP contribution in [0.2, 0.25) is 10.0 Å². The van der Waals surface area contributed by atoms with Gasteiger partial charge in [-0.3, -0.25) is 4.79 Å². The summed E-state index contributed by atoms with van der Waals surface area (Å²) in [5, 5.41) is 12.0. The Morgan fingerprint density at radius 3 is 2.50 bits per heavy atom. The average molecular weight is 509 g/mol. The first-order chi connectivity index (χ1) is 16.1. The Bertz CT molecular complexity index is 1300. The fraction of sp³-hybridized carbons (Fsp3) is 0.0833. The van der Waals surface area contributed by atoms with Crippen LogP contribution < -0.4 is 10.1 Å². The summed E-state index contributed by atoms with van der Waals surface area (Å²) in [6.07, 6.45) is -3.46. The van der Waals surface area contributed by atoms with E-state index in [0.29, 0.717) is 5.56 Å². The van der Waals surface area contributed by atoms with E-state index in [1.54, 1.807) is 12.1 Å². The number of halogens is 6. The van der Waals surface area contributed by atoms with Crippen molar-refractivity contribution in [3.05, 3.63) is 98.8 Å². The van der Waals surface area contributed by atoms with Crippen LogP contribution in [0.15, 0.2) is 66.2 Å². The summed E-state index contributed by atoms with van der Waals surface area (Å²) in [5.74, 6) is -1.33. The lowest BCUT2D eigenvalue weighted by molar-refractivity contribution is -0.137. The molecule has 1 N–H and O–H groups in total. The zero-order chi connectivity index (χ0) is 24.9.